The number of nitrogens with one attached hydrogen (secondary N) is 2. The van der Waals surface area contributed by atoms with Crippen molar-refractivity contribution in [3.63, 3.8) is 0 Å². The number of carbonyl (C=O) groups is 1. The van der Waals surface area contributed by atoms with Gasteiger partial charge in [-0.2, -0.15) is 4.98 Å². The Bertz CT molecular complexity index is 839. The molecule has 3 aromatic heterocycles. The SMILES string of the molecule is O=CCCCNc1nc2ncn(-c3ccccn3)c2c(=O)[nH]1. The maximum atomic E-state index is 12.3. The number of hydrogen-bond acceptors (Lipinski definition) is 6. The number of aldehydes is 1. The fraction of sp³-hybridized carbons (Fsp3) is 0.214. The molecule has 0 bridgehead atoms. The van der Waals surface area contributed by atoms with Crippen LogP contribution in [-0.4, -0.2) is 37.3 Å². The Morgan fingerprint density at radius 2 is 2.23 bits per heavy atom. The molecule has 3 heterocycles. The van der Waals surface area contributed by atoms with Gasteiger partial charge in [0.25, 0.3) is 5.56 Å². The fourth-order valence-electron chi connectivity index (χ4n) is 2.08. The number of aromatic nitrogens is 5. The van der Waals surface area contributed by atoms with E-state index in [4.69, 9.17) is 0 Å². The zero-order valence-corrected chi connectivity index (χ0v) is 11.7. The predicted octanol–water partition coefficient (Wildman–Crippen LogP) is 0.895. The second-order valence-electron chi connectivity index (χ2n) is 4.62. The molecule has 0 unspecified atom stereocenters. The Morgan fingerprint density at radius 1 is 1.32 bits per heavy atom. The second kappa shape index (κ2) is 6.17. The van der Waals surface area contributed by atoms with E-state index in [2.05, 4.69) is 25.3 Å². The van der Waals surface area contributed by atoms with Crippen LogP contribution in [0.15, 0.2) is 35.5 Å². The molecule has 0 fully saturated rings. The fourth-order valence-corrected chi connectivity index (χ4v) is 2.08. The summed E-state index contributed by atoms with van der Waals surface area (Å²) in [5.74, 6) is 0.943. The molecule has 3 aromatic rings. The van der Waals surface area contributed by atoms with Crippen molar-refractivity contribution >= 4 is 23.4 Å². The van der Waals surface area contributed by atoms with Gasteiger partial charge < -0.3 is 10.1 Å². The summed E-state index contributed by atoms with van der Waals surface area (Å²) < 4.78 is 1.59. The summed E-state index contributed by atoms with van der Waals surface area (Å²) >= 11 is 0. The number of anilines is 1. The number of H-pyrrole nitrogens is 1. The number of nitrogens with zero attached hydrogens (tertiary/aromatic N) is 4. The minimum Gasteiger partial charge on any atom is -0.356 e. The Balaban J connectivity index is 1.93. The summed E-state index contributed by atoms with van der Waals surface area (Å²) in [5, 5.41) is 2.97. The van der Waals surface area contributed by atoms with E-state index in [1.54, 1.807) is 22.9 Å². The molecule has 0 aliphatic rings. The van der Waals surface area contributed by atoms with Crippen LogP contribution in [0.3, 0.4) is 0 Å². The van der Waals surface area contributed by atoms with Crippen molar-refractivity contribution in [2.45, 2.75) is 12.8 Å². The molecule has 0 saturated heterocycles. The molecule has 0 atom stereocenters. The van der Waals surface area contributed by atoms with Crippen LogP contribution in [-0.2, 0) is 4.79 Å². The summed E-state index contributed by atoms with van der Waals surface area (Å²) in [6, 6.07) is 5.41. The van der Waals surface area contributed by atoms with E-state index in [1.165, 1.54) is 6.33 Å². The topological polar surface area (TPSA) is 106 Å². The van der Waals surface area contributed by atoms with Crippen LogP contribution in [0.4, 0.5) is 5.95 Å². The minimum atomic E-state index is -0.300. The van der Waals surface area contributed by atoms with Crippen LogP contribution >= 0.6 is 0 Å². The summed E-state index contributed by atoms with van der Waals surface area (Å²) in [7, 11) is 0. The molecule has 0 aromatic carbocycles. The predicted molar refractivity (Wildman–Crippen MR) is 81.1 cm³/mol. The number of unbranched alkanes of at least 4 members (excludes halogenated alkanes) is 1. The van der Waals surface area contributed by atoms with Gasteiger partial charge in [-0.1, -0.05) is 6.07 Å². The molecule has 0 amide bonds. The number of pyridine rings is 1. The Hall–Kier alpha value is -3.03. The van der Waals surface area contributed by atoms with Gasteiger partial charge in [0.1, 0.15) is 18.4 Å². The molecule has 0 aliphatic carbocycles. The maximum Gasteiger partial charge on any atom is 0.278 e. The van der Waals surface area contributed by atoms with Gasteiger partial charge in [0.2, 0.25) is 5.95 Å². The molecule has 8 heteroatoms. The smallest absolute Gasteiger partial charge is 0.278 e. The van der Waals surface area contributed by atoms with Gasteiger partial charge in [-0.05, 0) is 18.6 Å². The van der Waals surface area contributed by atoms with Crippen LogP contribution < -0.4 is 10.9 Å². The number of fused-ring (bicyclic) bond motifs is 1. The molecular formula is C14H14N6O2. The van der Waals surface area contributed by atoms with Crippen LogP contribution in [0, 0.1) is 0 Å². The van der Waals surface area contributed by atoms with Gasteiger partial charge in [0.15, 0.2) is 11.2 Å². The number of rotatable bonds is 6. The van der Waals surface area contributed by atoms with Crippen molar-refractivity contribution in [3.8, 4) is 5.82 Å². The molecule has 0 spiro atoms. The highest BCUT2D eigenvalue weighted by molar-refractivity contribution is 5.72. The van der Waals surface area contributed by atoms with E-state index in [0.717, 1.165) is 6.29 Å². The van der Waals surface area contributed by atoms with Gasteiger partial charge in [0.05, 0.1) is 0 Å². The molecule has 112 valence electrons. The van der Waals surface area contributed by atoms with Gasteiger partial charge in [-0.3, -0.25) is 14.3 Å². The number of imidazole rings is 1. The third-order valence-corrected chi connectivity index (χ3v) is 3.10. The highest BCUT2D eigenvalue weighted by atomic mass is 16.1. The zero-order valence-electron chi connectivity index (χ0n) is 11.7. The van der Waals surface area contributed by atoms with Crippen molar-refractivity contribution in [1.82, 2.24) is 24.5 Å². The van der Waals surface area contributed by atoms with Crippen LogP contribution in [0.25, 0.3) is 17.0 Å². The monoisotopic (exact) mass is 298 g/mol. The first-order valence-electron chi connectivity index (χ1n) is 6.86. The Kier molecular flexibility index (Phi) is 3.90. The van der Waals surface area contributed by atoms with E-state index in [-0.39, 0.29) is 5.56 Å². The minimum absolute atomic E-state index is 0.300. The summed E-state index contributed by atoms with van der Waals surface area (Å²) in [4.78, 5) is 37.8. The van der Waals surface area contributed by atoms with Gasteiger partial charge in [-0.25, -0.2) is 9.97 Å². The summed E-state index contributed by atoms with van der Waals surface area (Å²) in [6.07, 6.45) is 5.16. The molecule has 3 rings (SSSR count). The first-order valence-corrected chi connectivity index (χ1v) is 6.86. The lowest BCUT2D eigenvalue weighted by atomic mass is 10.3. The summed E-state index contributed by atoms with van der Waals surface area (Å²) in [6.45, 7) is 0.550. The Labute approximate surface area is 125 Å². The lowest BCUT2D eigenvalue weighted by Gasteiger charge is -2.04. The first kappa shape index (κ1) is 13.9. The van der Waals surface area contributed by atoms with Gasteiger partial charge >= 0.3 is 0 Å². The van der Waals surface area contributed by atoms with Crippen molar-refractivity contribution in [2.75, 3.05) is 11.9 Å². The average molecular weight is 298 g/mol. The molecule has 0 radical (unpaired) electrons. The molecule has 8 nitrogen and oxygen atoms in total. The van der Waals surface area contributed by atoms with E-state index >= 15 is 0 Å². The second-order valence-corrected chi connectivity index (χ2v) is 4.62. The molecule has 0 aliphatic heterocycles. The Morgan fingerprint density at radius 3 is 3.00 bits per heavy atom. The van der Waals surface area contributed by atoms with E-state index in [9.17, 15) is 9.59 Å². The van der Waals surface area contributed by atoms with Crippen LogP contribution in [0.5, 0.6) is 0 Å². The lowest BCUT2D eigenvalue weighted by Crippen LogP contribution is -2.16. The number of hydrogen-bond donors (Lipinski definition) is 2. The van der Waals surface area contributed by atoms with Gasteiger partial charge in [0, 0.05) is 19.2 Å². The van der Waals surface area contributed by atoms with E-state index in [0.29, 0.717) is 42.3 Å². The highest BCUT2D eigenvalue weighted by Gasteiger charge is 2.12. The maximum absolute atomic E-state index is 12.3. The van der Waals surface area contributed by atoms with Gasteiger partial charge in [-0.15, -0.1) is 0 Å². The summed E-state index contributed by atoms with van der Waals surface area (Å²) in [5.41, 5.74) is 0.385. The van der Waals surface area contributed by atoms with E-state index in [1.807, 2.05) is 6.07 Å². The molecule has 22 heavy (non-hydrogen) atoms. The standard InChI is InChI=1S/C14H14N6O2/c21-8-4-3-7-16-14-18-12-11(13(22)19-14)20(9-17-12)10-5-1-2-6-15-10/h1-2,5-6,8-9H,3-4,7H2,(H2,16,18,19,22). The zero-order chi connectivity index (χ0) is 15.4. The van der Waals surface area contributed by atoms with Crippen molar-refractivity contribution in [3.05, 3.63) is 41.1 Å². The van der Waals surface area contributed by atoms with Crippen LogP contribution in [0.2, 0.25) is 0 Å². The van der Waals surface area contributed by atoms with E-state index < -0.39 is 0 Å². The van der Waals surface area contributed by atoms with Crippen molar-refractivity contribution < 1.29 is 4.79 Å². The highest BCUT2D eigenvalue weighted by Crippen LogP contribution is 2.12. The molecular weight excluding hydrogens is 284 g/mol. The lowest BCUT2D eigenvalue weighted by molar-refractivity contribution is -0.107. The third-order valence-electron chi connectivity index (χ3n) is 3.10. The van der Waals surface area contributed by atoms with Crippen molar-refractivity contribution in [1.29, 1.82) is 0 Å². The average Bonchev–Trinajstić information content (AvgIpc) is 2.97. The first-order chi connectivity index (χ1) is 10.8. The molecule has 2 N–H and O–H groups in total. The van der Waals surface area contributed by atoms with Crippen LogP contribution in [0.1, 0.15) is 12.8 Å². The number of carbonyl (C=O) groups excluding carboxylic acids is 1. The van der Waals surface area contributed by atoms with Crippen molar-refractivity contribution in [2.24, 2.45) is 0 Å². The molecule has 0 saturated carbocycles. The third kappa shape index (κ3) is 2.71. The largest absolute Gasteiger partial charge is 0.356 e. The number of aromatic amines is 1. The quantitative estimate of drug-likeness (QED) is 0.517. The normalized spacial score (nSPS) is 10.7.